The molecule has 2 aromatic carbocycles. The van der Waals surface area contributed by atoms with Crippen molar-refractivity contribution < 1.29 is 9.18 Å². The van der Waals surface area contributed by atoms with Gasteiger partial charge in [-0.05, 0) is 48.5 Å². The maximum atomic E-state index is 14.3. The minimum absolute atomic E-state index is 0.00885. The number of fused-ring (bicyclic) bond motifs is 1. The van der Waals surface area contributed by atoms with Crippen LogP contribution in [0.2, 0.25) is 4.34 Å². The van der Waals surface area contributed by atoms with Gasteiger partial charge in [-0.25, -0.2) is 13.8 Å². The van der Waals surface area contributed by atoms with Crippen molar-refractivity contribution in [3.63, 3.8) is 0 Å². The van der Waals surface area contributed by atoms with E-state index in [9.17, 15) is 18.8 Å². The molecule has 0 bridgehead atoms. The van der Waals surface area contributed by atoms with Gasteiger partial charge in [0.15, 0.2) is 5.82 Å². The first kappa shape index (κ1) is 24.3. The number of rotatable bonds is 7. The van der Waals surface area contributed by atoms with Gasteiger partial charge in [0, 0.05) is 23.9 Å². The first-order valence-electron chi connectivity index (χ1n) is 10.9. The molecule has 5 rings (SSSR count). The second-order valence-electron chi connectivity index (χ2n) is 7.95. The second-order valence-corrected chi connectivity index (χ2v) is 9.75. The molecule has 3 heterocycles. The molecular weight excluding hydrogens is 523 g/mol. The number of hydrogen-bond donors (Lipinski definition) is 4. The standard InChI is InChI=1S/C23H18ClFN8O3S/c1-26-17-10-16-14(9-15(17)25)22(35)33(23(36)28-16)12-4-2-11(3-5-12)21(34)27-18(20-29-31-32-30-20)8-13-6-7-19(24)37-13/h2-7,9-10,18,26H,8H2,1H3,(H,27,34)(H,28,36)(H,29,30,31,32). The fourth-order valence-electron chi connectivity index (χ4n) is 3.85. The Morgan fingerprint density at radius 3 is 2.62 bits per heavy atom. The van der Waals surface area contributed by atoms with Crippen LogP contribution in [0, 0.1) is 5.82 Å². The molecule has 1 amide bonds. The van der Waals surface area contributed by atoms with Crippen molar-refractivity contribution in [2.24, 2.45) is 0 Å². The summed E-state index contributed by atoms with van der Waals surface area (Å²) in [6.07, 6.45) is 0.397. The van der Waals surface area contributed by atoms with E-state index in [1.54, 1.807) is 6.07 Å². The summed E-state index contributed by atoms with van der Waals surface area (Å²) in [6, 6.07) is 11.3. The molecule has 1 atom stereocenters. The Morgan fingerprint density at radius 1 is 1.19 bits per heavy atom. The number of carbonyl (C=O) groups is 1. The lowest BCUT2D eigenvalue weighted by atomic mass is 10.1. The first-order chi connectivity index (χ1) is 17.8. The zero-order chi connectivity index (χ0) is 26.1. The molecule has 0 saturated carbocycles. The average molecular weight is 541 g/mol. The van der Waals surface area contributed by atoms with E-state index in [-0.39, 0.29) is 27.8 Å². The van der Waals surface area contributed by atoms with Crippen LogP contribution in [0.4, 0.5) is 10.1 Å². The largest absolute Gasteiger partial charge is 0.386 e. The SMILES string of the molecule is CNc1cc2[nH]c(=O)n(-c3ccc(C(=O)NC(Cc4ccc(Cl)s4)c4nn[nH]n4)cc3)c(=O)c2cc1F. The number of hydrogen-bond acceptors (Lipinski definition) is 8. The van der Waals surface area contributed by atoms with Gasteiger partial charge in [0.1, 0.15) is 5.82 Å². The third kappa shape index (κ3) is 4.86. The van der Waals surface area contributed by atoms with Crippen molar-refractivity contribution in [2.45, 2.75) is 12.5 Å². The topological polar surface area (TPSA) is 150 Å². The normalized spacial score (nSPS) is 12.0. The van der Waals surface area contributed by atoms with Gasteiger partial charge in [0.25, 0.3) is 11.5 Å². The smallest absolute Gasteiger partial charge is 0.333 e. The van der Waals surface area contributed by atoms with Crippen LogP contribution in [0.5, 0.6) is 0 Å². The van der Waals surface area contributed by atoms with E-state index >= 15 is 0 Å². The summed E-state index contributed by atoms with van der Waals surface area (Å²) in [5.74, 6) is -0.749. The third-order valence-corrected chi connectivity index (χ3v) is 6.91. The first-order valence-corrected chi connectivity index (χ1v) is 12.1. The summed E-state index contributed by atoms with van der Waals surface area (Å²) < 4.78 is 15.8. The molecule has 5 aromatic rings. The zero-order valence-corrected chi connectivity index (χ0v) is 20.7. The number of thiophene rings is 1. The van der Waals surface area contributed by atoms with E-state index in [1.165, 1.54) is 48.7 Å². The van der Waals surface area contributed by atoms with Crippen LogP contribution in [0.3, 0.4) is 0 Å². The number of carbonyl (C=O) groups excluding carboxylic acids is 1. The van der Waals surface area contributed by atoms with Crippen molar-refractivity contribution in [3.8, 4) is 5.69 Å². The number of aromatic nitrogens is 6. The summed E-state index contributed by atoms with van der Waals surface area (Å²) in [7, 11) is 1.53. The van der Waals surface area contributed by atoms with Crippen LogP contribution >= 0.6 is 22.9 Å². The monoisotopic (exact) mass is 540 g/mol. The van der Waals surface area contributed by atoms with Crippen LogP contribution in [0.25, 0.3) is 16.6 Å². The number of halogens is 2. The molecule has 0 saturated heterocycles. The van der Waals surface area contributed by atoms with E-state index in [0.717, 1.165) is 15.5 Å². The summed E-state index contributed by atoms with van der Waals surface area (Å²) >= 11 is 7.40. The van der Waals surface area contributed by atoms with E-state index in [2.05, 4.69) is 36.2 Å². The van der Waals surface area contributed by atoms with Crippen molar-refractivity contribution in [2.75, 3.05) is 12.4 Å². The quantitative estimate of drug-likeness (QED) is 0.248. The fraction of sp³-hybridized carbons (Fsp3) is 0.130. The maximum absolute atomic E-state index is 14.3. The molecule has 0 radical (unpaired) electrons. The molecule has 0 aliphatic rings. The summed E-state index contributed by atoms with van der Waals surface area (Å²) in [4.78, 5) is 42.2. The maximum Gasteiger partial charge on any atom is 0.333 e. The van der Waals surface area contributed by atoms with Gasteiger partial charge in [-0.1, -0.05) is 16.8 Å². The van der Waals surface area contributed by atoms with Crippen LogP contribution in [-0.4, -0.2) is 43.1 Å². The van der Waals surface area contributed by atoms with Crippen LogP contribution in [0.15, 0.2) is 58.1 Å². The van der Waals surface area contributed by atoms with E-state index < -0.39 is 29.0 Å². The molecular formula is C23H18ClFN8O3S. The predicted molar refractivity (Wildman–Crippen MR) is 137 cm³/mol. The number of anilines is 1. The Labute approximate surface area is 216 Å². The Hall–Kier alpha value is -4.36. The third-order valence-electron chi connectivity index (χ3n) is 5.66. The molecule has 188 valence electrons. The van der Waals surface area contributed by atoms with Crippen molar-refractivity contribution >= 4 is 45.4 Å². The van der Waals surface area contributed by atoms with E-state index in [4.69, 9.17) is 11.6 Å². The lowest BCUT2D eigenvalue weighted by Gasteiger charge is -2.15. The molecule has 11 nitrogen and oxygen atoms in total. The van der Waals surface area contributed by atoms with Crippen molar-refractivity contribution in [1.29, 1.82) is 0 Å². The fourth-order valence-corrected chi connectivity index (χ4v) is 4.99. The van der Waals surface area contributed by atoms with Gasteiger partial charge in [0.05, 0.1) is 32.7 Å². The van der Waals surface area contributed by atoms with Crippen molar-refractivity contribution in [1.82, 2.24) is 35.5 Å². The zero-order valence-electron chi connectivity index (χ0n) is 19.1. The molecule has 3 aromatic heterocycles. The lowest BCUT2D eigenvalue weighted by Crippen LogP contribution is -2.34. The van der Waals surface area contributed by atoms with Gasteiger partial charge < -0.3 is 15.6 Å². The Kier molecular flexibility index (Phi) is 6.54. The molecule has 0 aliphatic carbocycles. The van der Waals surface area contributed by atoms with Gasteiger partial charge in [-0.15, -0.1) is 21.5 Å². The number of amides is 1. The number of nitrogens with zero attached hydrogens (tertiary/aromatic N) is 4. The lowest BCUT2D eigenvalue weighted by molar-refractivity contribution is 0.0935. The Morgan fingerprint density at radius 2 is 1.97 bits per heavy atom. The van der Waals surface area contributed by atoms with E-state index in [0.29, 0.717) is 16.6 Å². The van der Waals surface area contributed by atoms with Gasteiger partial charge in [-0.2, -0.15) is 5.21 Å². The number of benzene rings is 2. The summed E-state index contributed by atoms with van der Waals surface area (Å²) in [6.45, 7) is 0. The minimum atomic E-state index is -0.699. The van der Waals surface area contributed by atoms with Gasteiger partial charge >= 0.3 is 5.69 Å². The second kappa shape index (κ2) is 9.95. The molecule has 0 spiro atoms. The highest BCUT2D eigenvalue weighted by molar-refractivity contribution is 7.16. The van der Waals surface area contributed by atoms with Crippen LogP contribution in [-0.2, 0) is 6.42 Å². The highest BCUT2D eigenvalue weighted by Crippen LogP contribution is 2.26. The van der Waals surface area contributed by atoms with Crippen LogP contribution < -0.4 is 21.9 Å². The summed E-state index contributed by atoms with van der Waals surface area (Å²) in [5.41, 5.74) is -0.550. The highest BCUT2D eigenvalue weighted by atomic mass is 35.5. The predicted octanol–water partition coefficient (Wildman–Crippen LogP) is 2.80. The number of aromatic amines is 2. The molecule has 37 heavy (non-hydrogen) atoms. The molecule has 0 fully saturated rings. The number of nitrogens with one attached hydrogen (secondary N) is 4. The van der Waals surface area contributed by atoms with Gasteiger partial charge in [0.2, 0.25) is 0 Å². The van der Waals surface area contributed by atoms with E-state index in [1.807, 2.05) is 6.07 Å². The molecule has 14 heteroatoms. The molecule has 1 unspecified atom stereocenters. The minimum Gasteiger partial charge on any atom is -0.386 e. The number of tetrazole rings is 1. The van der Waals surface area contributed by atoms with Gasteiger partial charge in [-0.3, -0.25) is 9.59 Å². The van der Waals surface area contributed by atoms with Crippen molar-refractivity contribution in [3.05, 3.63) is 95.8 Å². The molecule has 4 N–H and O–H groups in total. The highest BCUT2D eigenvalue weighted by Gasteiger charge is 2.21. The number of H-pyrrole nitrogens is 2. The Balaban J connectivity index is 1.42. The summed E-state index contributed by atoms with van der Waals surface area (Å²) in [5, 5.41) is 19.5. The van der Waals surface area contributed by atoms with Crippen LogP contribution in [0.1, 0.15) is 27.1 Å². The molecule has 0 aliphatic heterocycles. The average Bonchev–Trinajstić information content (AvgIpc) is 3.56. The Bertz CT molecular complexity index is 1710.